The maximum absolute atomic E-state index is 12.4. The molecule has 114 valence electrons. The van der Waals surface area contributed by atoms with E-state index in [1.807, 2.05) is 31.2 Å². The van der Waals surface area contributed by atoms with Crippen molar-refractivity contribution < 1.29 is 14.7 Å². The number of nitrogens with zero attached hydrogens (tertiary/aromatic N) is 1. The highest BCUT2D eigenvalue weighted by Gasteiger charge is 2.33. The van der Waals surface area contributed by atoms with Gasteiger partial charge in [-0.1, -0.05) is 31.2 Å². The number of benzene rings is 1. The van der Waals surface area contributed by atoms with Gasteiger partial charge in [0.2, 0.25) is 11.8 Å². The van der Waals surface area contributed by atoms with E-state index < -0.39 is 6.04 Å². The second kappa shape index (κ2) is 6.72. The number of carbonyl (C=O) groups excluding carboxylic acids is 2. The van der Waals surface area contributed by atoms with Gasteiger partial charge in [0.05, 0.1) is 12.6 Å². The number of rotatable bonds is 4. The van der Waals surface area contributed by atoms with Gasteiger partial charge in [-0.05, 0) is 17.5 Å². The zero-order valence-electron chi connectivity index (χ0n) is 12.5. The van der Waals surface area contributed by atoms with E-state index >= 15 is 0 Å². The summed E-state index contributed by atoms with van der Waals surface area (Å²) in [5.74, 6) is -0.303. The Morgan fingerprint density at radius 2 is 2.05 bits per heavy atom. The minimum atomic E-state index is -0.502. The Morgan fingerprint density at radius 3 is 2.62 bits per heavy atom. The van der Waals surface area contributed by atoms with E-state index in [1.54, 1.807) is 4.90 Å². The van der Waals surface area contributed by atoms with E-state index in [4.69, 9.17) is 0 Å². The van der Waals surface area contributed by atoms with Crippen LogP contribution in [0.15, 0.2) is 24.3 Å². The molecule has 1 heterocycles. The summed E-state index contributed by atoms with van der Waals surface area (Å²) in [5.41, 5.74) is 2.19. The maximum atomic E-state index is 12.4. The van der Waals surface area contributed by atoms with Gasteiger partial charge in [0.25, 0.3) is 0 Å². The predicted molar refractivity (Wildman–Crippen MR) is 79.5 cm³/mol. The first kappa shape index (κ1) is 15.5. The van der Waals surface area contributed by atoms with Gasteiger partial charge in [-0.2, -0.15) is 0 Å². The molecular weight excluding hydrogens is 268 g/mol. The second-order valence-corrected chi connectivity index (χ2v) is 5.43. The Labute approximate surface area is 125 Å². The zero-order chi connectivity index (χ0) is 15.4. The molecule has 1 aliphatic rings. The van der Waals surface area contributed by atoms with Crippen molar-refractivity contribution >= 4 is 11.8 Å². The lowest BCUT2D eigenvalue weighted by atomic mass is 9.93. The van der Waals surface area contributed by atoms with Crippen LogP contribution in [0.2, 0.25) is 0 Å². The summed E-state index contributed by atoms with van der Waals surface area (Å²) in [7, 11) is 0. The van der Waals surface area contributed by atoms with Gasteiger partial charge in [-0.15, -0.1) is 0 Å². The Morgan fingerprint density at radius 1 is 1.38 bits per heavy atom. The number of aliphatic hydroxyl groups is 1. The molecule has 0 radical (unpaired) electrons. The molecule has 2 atom stereocenters. The van der Waals surface area contributed by atoms with Crippen LogP contribution in [0.3, 0.4) is 0 Å². The number of hydrogen-bond acceptors (Lipinski definition) is 3. The zero-order valence-corrected chi connectivity index (χ0v) is 12.5. The number of hydrogen-bond donors (Lipinski definition) is 2. The number of carbonyl (C=O) groups is 2. The first-order valence-corrected chi connectivity index (χ1v) is 7.32. The molecule has 1 aromatic carbocycles. The maximum Gasteiger partial charge on any atom is 0.243 e. The average Bonchev–Trinajstić information content (AvgIpc) is 2.50. The molecule has 0 fully saturated rings. The van der Waals surface area contributed by atoms with Crippen LogP contribution in [0.1, 0.15) is 31.4 Å². The van der Waals surface area contributed by atoms with Crippen LogP contribution in [-0.4, -0.2) is 40.5 Å². The molecule has 0 bridgehead atoms. The Balaban J connectivity index is 2.20. The third-order valence-corrected chi connectivity index (χ3v) is 4.02. The van der Waals surface area contributed by atoms with Crippen molar-refractivity contribution in [3.8, 4) is 0 Å². The molecule has 21 heavy (non-hydrogen) atoms. The Kier molecular flexibility index (Phi) is 4.96. The minimum Gasteiger partial charge on any atom is -0.394 e. The summed E-state index contributed by atoms with van der Waals surface area (Å²) in [6.45, 7) is 3.75. The fraction of sp³-hybridized carbons (Fsp3) is 0.500. The summed E-state index contributed by atoms with van der Waals surface area (Å²) in [6.07, 6.45) is 1.18. The van der Waals surface area contributed by atoms with Gasteiger partial charge in [0.15, 0.2) is 0 Å². The molecule has 0 aliphatic carbocycles. The normalized spacial score (nSPS) is 18.8. The molecule has 2 unspecified atom stereocenters. The third kappa shape index (κ3) is 3.42. The predicted octanol–water partition coefficient (Wildman–Crippen LogP) is 0.847. The number of amides is 2. The molecular formula is C16H22N2O3. The van der Waals surface area contributed by atoms with E-state index in [-0.39, 0.29) is 24.5 Å². The number of nitrogens with one attached hydrogen (secondary N) is 1. The average molecular weight is 290 g/mol. The lowest BCUT2D eigenvalue weighted by molar-refractivity contribution is -0.140. The largest absolute Gasteiger partial charge is 0.394 e. The molecule has 0 spiro atoms. The number of fused-ring (bicyclic) bond motifs is 1. The van der Waals surface area contributed by atoms with E-state index in [2.05, 4.69) is 5.32 Å². The van der Waals surface area contributed by atoms with Crippen molar-refractivity contribution in [2.75, 3.05) is 6.61 Å². The van der Waals surface area contributed by atoms with Crippen LogP contribution in [0.5, 0.6) is 0 Å². The lowest BCUT2D eigenvalue weighted by Gasteiger charge is -2.36. The molecule has 2 N–H and O–H groups in total. The summed E-state index contributed by atoms with van der Waals surface area (Å²) < 4.78 is 0. The fourth-order valence-electron chi connectivity index (χ4n) is 2.66. The van der Waals surface area contributed by atoms with Crippen LogP contribution in [0.4, 0.5) is 0 Å². The van der Waals surface area contributed by atoms with Crippen LogP contribution in [0.25, 0.3) is 0 Å². The van der Waals surface area contributed by atoms with Gasteiger partial charge in [0, 0.05) is 19.9 Å². The highest BCUT2D eigenvalue weighted by atomic mass is 16.3. The minimum absolute atomic E-state index is 0.0916. The third-order valence-electron chi connectivity index (χ3n) is 4.02. The van der Waals surface area contributed by atoms with E-state index in [0.717, 1.165) is 11.1 Å². The molecule has 5 heteroatoms. The van der Waals surface area contributed by atoms with Crippen LogP contribution in [-0.2, 0) is 22.6 Å². The fourth-order valence-corrected chi connectivity index (χ4v) is 2.66. The highest BCUT2D eigenvalue weighted by molar-refractivity contribution is 5.88. The summed E-state index contributed by atoms with van der Waals surface area (Å²) in [5, 5.41) is 12.0. The van der Waals surface area contributed by atoms with Crippen LogP contribution < -0.4 is 5.32 Å². The topological polar surface area (TPSA) is 69.6 Å². The first-order chi connectivity index (χ1) is 10.1. The Bertz CT molecular complexity index is 526. The monoisotopic (exact) mass is 290 g/mol. The molecule has 0 saturated carbocycles. The van der Waals surface area contributed by atoms with Gasteiger partial charge in [-0.3, -0.25) is 9.59 Å². The summed E-state index contributed by atoms with van der Waals surface area (Å²) in [4.78, 5) is 25.9. The van der Waals surface area contributed by atoms with Crippen molar-refractivity contribution in [1.82, 2.24) is 10.2 Å². The van der Waals surface area contributed by atoms with Gasteiger partial charge < -0.3 is 15.3 Å². The lowest BCUT2D eigenvalue weighted by Crippen LogP contribution is -2.54. The van der Waals surface area contributed by atoms with Gasteiger partial charge >= 0.3 is 0 Å². The molecule has 2 rings (SSSR count). The smallest absolute Gasteiger partial charge is 0.243 e. The van der Waals surface area contributed by atoms with Crippen molar-refractivity contribution in [2.24, 2.45) is 0 Å². The summed E-state index contributed by atoms with van der Waals surface area (Å²) >= 11 is 0. The van der Waals surface area contributed by atoms with E-state index in [0.29, 0.717) is 19.4 Å². The first-order valence-electron chi connectivity index (χ1n) is 7.32. The second-order valence-electron chi connectivity index (χ2n) is 5.43. The molecule has 1 aliphatic heterocycles. The standard InChI is InChI=1S/C16H22N2O3/c1-3-14(10-19)17-16(21)15-8-12-6-4-5-7-13(12)9-18(15)11(2)20/h4-7,14-15,19H,3,8-10H2,1-2H3,(H,17,21). The highest BCUT2D eigenvalue weighted by Crippen LogP contribution is 2.23. The van der Waals surface area contributed by atoms with Crippen LogP contribution in [0, 0.1) is 0 Å². The van der Waals surface area contributed by atoms with E-state index in [1.165, 1.54) is 6.92 Å². The van der Waals surface area contributed by atoms with Crippen molar-refractivity contribution in [3.63, 3.8) is 0 Å². The van der Waals surface area contributed by atoms with Crippen LogP contribution >= 0.6 is 0 Å². The van der Waals surface area contributed by atoms with E-state index in [9.17, 15) is 14.7 Å². The van der Waals surface area contributed by atoms with Crippen molar-refractivity contribution in [1.29, 1.82) is 0 Å². The van der Waals surface area contributed by atoms with Gasteiger partial charge in [0.1, 0.15) is 6.04 Å². The Hall–Kier alpha value is -1.88. The van der Waals surface area contributed by atoms with Crippen molar-refractivity contribution in [2.45, 2.75) is 45.3 Å². The SMILES string of the molecule is CCC(CO)NC(=O)C1Cc2ccccc2CN1C(C)=O. The molecule has 0 aromatic heterocycles. The molecule has 0 saturated heterocycles. The van der Waals surface area contributed by atoms with Crippen molar-refractivity contribution in [3.05, 3.63) is 35.4 Å². The quantitative estimate of drug-likeness (QED) is 0.863. The van der Waals surface area contributed by atoms with Gasteiger partial charge in [-0.25, -0.2) is 0 Å². The number of aliphatic hydroxyl groups excluding tert-OH is 1. The summed E-state index contributed by atoms with van der Waals surface area (Å²) in [6, 6.07) is 7.11. The molecule has 2 amide bonds. The molecule has 1 aromatic rings. The molecule has 5 nitrogen and oxygen atoms in total.